The van der Waals surface area contributed by atoms with E-state index in [4.69, 9.17) is 5.11 Å². The van der Waals surface area contributed by atoms with Gasteiger partial charge in [-0.15, -0.1) is 11.3 Å². The second kappa shape index (κ2) is 1.30. The molecule has 0 fully saturated rings. The van der Waals surface area contributed by atoms with Crippen LogP contribution in [0.5, 0.6) is 5.06 Å². The standard InChI is InChI=1S/C4H3OS/c5-4-2-1-3-6-4/h2-3,5H. The first kappa shape index (κ1) is 3.68. The van der Waals surface area contributed by atoms with Crippen LogP contribution >= 0.6 is 11.3 Å². The maximum atomic E-state index is 8.46. The molecule has 0 unspecified atom stereocenters. The third-order valence-corrected chi connectivity index (χ3v) is 1.07. The molecule has 1 aromatic heterocycles. The summed E-state index contributed by atoms with van der Waals surface area (Å²) in [5.74, 6) is 0. The van der Waals surface area contributed by atoms with Crippen LogP contribution in [0, 0.1) is 6.07 Å². The van der Waals surface area contributed by atoms with Crippen LogP contribution in [0.25, 0.3) is 0 Å². The number of aromatic hydroxyl groups is 1. The Labute approximate surface area is 39.9 Å². The molecule has 0 atom stereocenters. The second-order valence-corrected chi connectivity index (χ2v) is 1.77. The summed E-state index contributed by atoms with van der Waals surface area (Å²) in [6, 6.07) is 4.23. The van der Waals surface area contributed by atoms with E-state index < -0.39 is 0 Å². The van der Waals surface area contributed by atoms with Crippen molar-refractivity contribution in [1.82, 2.24) is 0 Å². The number of hydrogen-bond acceptors (Lipinski definition) is 2. The van der Waals surface area contributed by atoms with Gasteiger partial charge < -0.3 is 5.11 Å². The molecule has 31 valence electrons. The van der Waals surface area contributed by atoms with E-state index in [1.807, 2.05) is 0 Å². The Morgan fingerprint density at radius 2 is 2.67 bits per heavy atom. The average Bonchev–Trinajstić information content (AvgIpc) is 1.86. The lowest BCUT2D eigenvalue weighted by Crippen LogP contribution is -1.36. The quantitative estimate of drug-likeness (QED) is 0.519. The zero-order valence-corrected chi connectivity index (χ0v) is 3.83. The molecule has 0 aliphatic heterocycles. The molecule has 0 amide bonds. The predicted molar refractivity (Wildman–Crippen MR) is 24.8 cm³/mol. The second-order valence-electron chi connectivity index (χ2n) is 0.885. The highest BCUT2D eigenvalue weighted by Gasteiger charge is 1.78. The Balaban J connectivity index is 3.05. The number of hydrogen-bond donors (Lipinski definition) is 1. The fourth-order valence-corrected chi connectivity index (χ4v) is 0.627. The highest BCUT2D eigenvalue weighted by atomic mass is 32.1. The monoisotopic (exact) mass is 99.0 g/mol. The lowest BCUT2D eigenvalue weighted by Gasteiger charge is -1.67. The van der Waals surface area contributed by atoms with Gasteiger partial charge in [0.1, 0.15) is 0 Å². The highest BCUT2D eigenvalue weighted by molar-refractivity contribution is 7.11. The minimum absolute atomic E-state index is 0.329. The van der Waals surface area contributed by atoms with E-state index >= 15 is 0 Å². The van der Waals surface area contributed by atoms with Gasteiger partial charge in [0.15, 0.2) is 5.06 Å². The molecule has 1 heterocycles. The van der Waals surface area contributed by atoms with Gasteiger partial charge in [-0.2, -0.15) is 0 Å². The molecule has 0 aromatic carbocycles. The van der Waals surface area contributed by atoms with Gasteiger partial charge in [-0.1, -0.05) is 0 Å². The molecule has 0 saturated heterocycles. The third kappa shape index (κ3) is 0.518. The smallest absolute Gasteiger partial charge is 0.171 e. The zero-order chi connectivity index (χ0) is 4.41. The van der Waals surface area contributed by atoms with E-state index in [9.17, 15) is 0 Å². The van der Waals surface area contributed by atoms with E-state index in [-0.39, 0.29) is 0 Å². The molecule has 2 heteroatoms. The van der Waals surface area contributed by atoms with Crippen molar-refractivity contribution in [3.8, 4) is 5.06 Å². The Hall–Kier alpha value is -0.500. The summed E-state index contributed by atoms with van der Waals surface area (Å²) in [5, 5.41) is 10.5. The van der Waals surface area contributed by atoms with Crippen molar-refractivity contribution in [3.63, 3.8) is 0 Å². The molecule has 0 saturated carbocycles. The molecule has 1 nitrogen and oxygen atoms in total. The lowest BCUT2D eigenvalue weighted by molar-refractivity contribution is 0.491. The van der Waals surface area contributed by atoms with Crippen LogP contribution in [0.3, 0.4) is 0 Å². The Morgan fingerprint density at radius 3 is 2.83 bits per heavy atom. The molecule has 1 radical (unpaired) electrons. The van der Waals surface area contributed by atoms with Crippen LogP contribution in [-0.4, -0.2) is 5.11 Å². The van der Waals surface area contributed by atoms with Crippen LogP contribution in [0.4, 0.5) is 0 Å². The highest BCUT2D eigenvalue weighted by Crippen LogP contribution is 2.13. The average molecular weight is 99.1 g/mol. The topological polar surface area (TPSA) is 20.2 Å². The summed E-state index contributed by atoms with van der Waals surface area (Å²) in [6.07, 6.45) is 0. The molecule has 1 N–H and O–H groups in total. The van der Waals surface area contributed by atoms with E-state index in [1.165, 1.54) is 17.4 Å². The number of thiophene rings is 1. The van der Waals surface area contributed by atoms with Gasteiger partial charge in [-0.3, -0.25) is 0 Å². The molecule has 1 aromatic rings. The Kier molecular flexibility index (Phi) is 0.801. The maximum Gasteiger partial charge on any atom is 0.171 e. The molecule has 0 spiro atoms. The van der Waals surface area contributed by atoms with Crippen molar-refractivity contribution >= 4 is 11.3 Å². The summed E-state index contributed by atoms with van der Waals surface area (Å²) in [7, 11) is 0. The van der Waals surface area contributed by atoms with Crippen molar-refractivity contribution in [2.75, 3.05) is 0 Å². The molecular weight excluding hydrogens is 96.1 g/mol. The van der Waals surface area contributed by atoms with Gasteiger partial charge in [0.2, 0.25) is 0 Å². The maximum absolute atomic E-state index is 8.46. The Bertz CT molecular complexity index is 111. The van der Waals surface area contributed by atoms with Crippen LogP contribution in [0.15, 0.2) is 11.4 Å². The molecular formula is C4H3OS. The van der Waals surface area contributed by atoms with E-state index in [0.29, 0.717) is 5.06 Å². The largest absolute Gasteiger partial charge is 0.499 e. The summed E-state index contributed by atoms with van der Waals surface area (Å²) < 4.78 is 0. The van der Waals surface area contributed by atoms with Crippen LogP contribution < -0.4 is 0 Å². The lowest BCUT2D eigenvalue weighted by atomic mass is 10.7. The van der Waals surface area contributed by atoms with Crippen molar-refractivity contribution < 1.29 is 5.11 Å². The van der Waals surface area contributed by atoms with Crippen molar-refractivity contribution in [3.05, 3.63) is 17.5 Å². The third-order valence-electron chi connectivity index (χ3n) is 0.455. The SMILES string of the molecule is Oc1c[c]cs1. The van der Waals surface area contributed by atoms with Gasteiger partial charge in [0.25, 0.3) is 0 Å². The molecule has 0 aliphatic rings. The van der Waals surface area contributed by atoms with Crippen LogP contribution in [0.2, 0.25) is 0 Å². The summed E-state index contributed by atoms with van der Waals surface area (Å²) >= 11 is 1.28. The number of rotatable bonds is 0. The summed E-state index contributed by atoms with van der Waals surface area (Å²) in [6.45, 7) is 0. The van der Waals surface area contributed by atoms with Crippen LogP contribution in [0.1, 0.15) is 0 Å². The minimum atomic E-state index is 0.329. The van der Waals surface area contributed by atoms with Gasteiger partial charge in [0, 0.05) is 5.38 Å². The fraction of sp³-hybridized carbons (Fsp3) is 0. The van der Waals surface area contributed by atoms with Gasteiger partial charge in [-0.05, 0) is 12.1 Å². The molecule has 6 heavy (non-hydrogen) atoms. The molecule has 1 rings (SSSR count). The fourth-order valence-electron chi connectivity index (χ4n) is 0.234. The van der Waals surface area contributed by atoms with Crippen molar-refractivity contribution in [2.45, 2.75) is 0 Å². The van der Waals surface area contributed by atoms with E-state index in [1.54, 1.807) is 5.38 Å². The zero-order valence-electron chi connectivity index (χ0n) is 3.01. The van der Waals surface area contributed by atoms with Crippen LogP contribution in [-0.2, 0) is 0 Å². The normalized spacial score (nSPS) is 8.67. The molecule has 0 bridgehead atoms. The van der Waals surface area contributed by atoms with E-state index in [0.717, 1.165) is 0 Å². The first-order valence-corrected chi connectivity index (χ1v) is 2.41. The van der Waals surface area contributed by atoms with E-state index in [2.05, 4.69) is 6.07 Å². The Morgan fingerprint density at radius 1 is 1.83 bits per heavy atom. The van der Waals surface area contributed by atoms with Gasteiger partial charge >= 0.3 is 0 Å². The summed E-state index contributed by atoms with van der Waals surface area (Å²) in [4.78, 5) is 0. The van der Waals surface area contributed by atoms with Crippen molar-refractivity contribution in [2.24, 2.45) is 0 Å². The minimum Gasteiger partial charge on any atom is -0.499 e. The van der Waals surface area contributed by atoms with Gasteiger partial charge in [-0.25, -0.2) is 0 Å². The predicted octanol–water partition coefficient (Wildman–Crippen LogP) is 1.25. The first-order valence-electron chi connectivity index (χ1n) is 1.53. The van der Waals surface area contributed by atoms with Crippen molar-refractivity contribution in [1.29, 1.82) is 0 Å². The summed E-state index contributed by atoms with van der Waals surface area (Å²) in [5.41, 5.74) is 0. The van der Waals surface area contributed by atoms with Gasteiger partial charge in [0.05, 0.1) is 0 Å². The first-order chi connectivity index (χ1) is 2.89. The molecule has 0 aliphatic carbocycles.